The van der Waals surface area contributed by atoms with Gasteiger partial charge in [-0.2, -0.15) is 0 Å². The van der Waals surface area contributed by atoms with E-state index in [1.807, 2.05) is 0 Å². The minimum absolute atomic E-state index is 1.12. The fraction of sp³-hybridized carbons (Fsp3) is 0.385. The normalized spacial score (nSPS) is 12.5. The summed E-state index contributed by atoms with van der Waals surface area (Å²) in [5.41, 5.74) is 12.0. The highest BCUT2D eigenvalue weighted by atomic mass is 29.3. The molecule has 0 bridgehead atoms. The molecule has 0 aliphatic rings. The standard InChI is InChI=1S/C26H38Si4/c1-27(2,3)29(7,8)21-19-23-11-15-25(16-12-23)26-17-13-24(14-18-26)20-22-30(9,10)28(4,5)6/h11-18H,1-10H3. The van der Waals surface area contributed by atoms with Crippen molar-refractivity contribution in [3.63, 3.8) is 0 Å². The Morgan fingerprint density at radius 2 is 0.700 bits per heavy atom. The average Bonchev–Trinajstić information content (AvgIpc) is 2.64. The van der Waals surface area contributed by atoms with E-state index < -0.39 is 30.4 Å². The quantitative estimate of drug-likeness (QED) is 0.329. The smallest absolute Gasteiger partial charge is 0.123 e. The van der Waals surface area contributed by atoms with E-state index in [4.69, 9.17) is 0 Å². The fourth-order valence-corrected chi connectivity index (χ4v) is 6.61. The Labute approximate surface area is 189 Å². The third-order valence-electron chi connectivity index (χ3n) is 6.89. The molecule has 2 rings (SSSR count). The lowest BCUT2D eigenvalue weighted by molar-refractivity contribution is 1.58. The summed E-state index contributed by atoms with van der Waals surface area (Å²) in [4.78, 5) is 0. The summed E-state index contributed by atoms with van der Waals surface area (Å²) in [5.74, 6) is 6.92. The molecule has 0 fully saturated rings. The minimum atomic E-state index is -1.43. The van der Waals surface area contributed by atoms with E-state index in [1.165, 1.54) is 11.1 Å². The number of hydrogen-bond acceptors (Lipinski definition) is 0. The van der Waals surface area contributed by atoms with E-state index in [1.54, 1.807) is 0 Å². The van der Waals surface area contributed by atoms with Gasteiger partial charge >= 0.3 is 0 Å². The maximum Gasteiger partial charge on any atom is 0.123 e. The van der Waals surface area contributed by atoms with Gasteiger partial charge in [0.15, 0.2) is 0 Å². The molecule has 0 aliphatic carbocycles. The Hall–Kier alpha value is -1.57. The average molecular weight is 463 g/mol. The van der Waals surface area contributed by atoms with E-state index in [0.717, 1.165) is 11.1 Å². The monoisotopic (exact) mass is 462 g/mol. The topological polar surface area (TPSA) is 0 Å². The molecule has 158 valence electrons. The Balaban J connectivity index is 2.18. The molecule has 2 aromatic rings. The van der Waals surface area contributed by atoms with Gasteiger partial charge in [-0.15, -0.1) is 11.1 Å². The molecule has 0 amide bonds. The molecule has 0 saturated heterocycles. The second-order valence-corrected chi connectivity index (χ2v) is 43.9. The second-order valence-electron chi connectivity index (χ2n) is 11.4. The van der Waals surface area contributed by atoms with Crippen LogP contribution in [0.5, 0.6) is 0 Å². The molecule has 0 saturated carbocycles. The van der Waals surface area contributed by atoms with Crippen LogP contribution in [0.3, 0.4) is 0 Å². The molecule has 0 aliphatic heterocycles. The van der Waals surface area contributed by atoms with Crippen LogP contribution in [-0.4, -0.2) is 30.4 Å². The summed E-state index contributed by atoms with van der Waals surface area (Å²) in [6, 6.07) is 17.4. The third kappa shape index (κ3) is 6.22. The fourth-order valence-electron chi connectivity index (χ4n) is 2.32. The van der Waals surface area contributed by atoms with E-state index in [9.17, 15) is 0 Å². The lowest BCUT2D eigenvalue weighted by Gasteiger charge is -2.29. The highest BCUT2D eigenvalue weighted by Gasteiger charge is 2.36. The zero-order valence-corrected chi connectivity index (χ0v) is 24.6. The Bertz CT molecular complexity index is 907. The van der Waals surface area contributed by atoms with Crippen molar-refractivity contribution in [2.75, 3.05) is 0 Å². The van der Waals surface area contributed by atoms with Crippen LogP contribution in [0, 0.1) is 22.9 Å². The summed E-state index contributed by atoms with van der Waals surface area (Å²) in [6.45, 7) is 24.3. The first-order valence-corrected chi connectivity index (χ1v) is 25.9. The summed E-state index contributed by atoms with van der Waals surface area (Å²) in [6.07, 6.45) is 0. The molecule has 0 nitrogen and oxygen atoms in total. The van der Waals surface area contributed by atoms with Crippen LogP contribution in [0.4, 0.5) is 0 Å². The van der Waals surface area contributed by atoms with Crippen LogP contribution < -0.4 is 0 Å². The predicted molar refractivity (Wildman–Crippen MR) is 147 cm³/mol. The summed E-state index contributed by atoms with van der Waals surface area (Å²) >= 11 is 0. The van der Waals surface area contributed by atoms with E-state index in [-0.39, 0.29) is 0 Å². The van der Waals surface area contributed by atoms with E-state index >= 15 is 0 Å². The number of rotatable bonds is 3. The van der Waals surface area contributed by atoms with Gasteiger partial charge in [0, 0.05) is 11.1 Å². The lowest BCUT2D eigenvalue weighted by Crippen LogP contribution is -2.51. The molecule has 0 unspecified atom stereocenters. The van der Waals surface area contributed by atoms with Crippen LogP contribution in [0.2, 0.25) is 65.5 Å². The van der Waals surface area contributed by atoms with Gasteiger partial charge in [0.05, 0.1) is 15.2 Å². The van der Waals surface area contributed by atoms with Crippen LogP contribution >= 0.6 is 0 Å². The van der Waals surface area contributed by atoms with Crippen molar-refractivity contribution in [2.45, 2.75) is 65.5 Å². The molecular weight excluding hydrogens is 425 g/mol. The molecule has 0 aromatic heterocycles. The highest BCUT2D eigenvalue weighted by molar-refractivity contribution is 7.44. The maximum absolute atomic E-state index is 3.66. The van der Waals surface area contributed by atoms with Gasteiger partial charge in [0.25, 0.3) is 0 Å². The van der Waals surface area contributed by atoms with Crippen LogP contribution in [-0.2, 0) is 0 Å². The predicted octanol–water partition coefficient (Wildman–Crippen LogP) is 7.39. The van der Waals surface area contributed by atoms with Crippen molar-refractivity contribution in [1.29, 1.82) is 0 Å². The molecule has 0 heterocycles. The SMILES string of the molecule is C[Si](C)(C)[Si](C)(C)C#Cc1ccc(-c2ccc(C#C[Si](C)(C)[Si](C)(C)C)cc2)cc1. The Kier molecular flexibility index (Phi) is 7.32. The number of benzene rings is 2. The summed E-state index contributed by atoms with van der Waals surface area (Å²) < 4.78 is 0. The maximum atomic E-state index is 3.66. The van der Waals surface area contributed by atoms with Gasteiger partial charge in [-0.25, -0.2) is 0 Å². The first kappa shape index (κ1) is 24.7. The molecule has 4 heteroatoms. The van der Waals surface area contributed by atoms with E-state index in [2.05, 4.69) is 137 Å². The van der Waals surface area contributed by atoms with Crippen molar-refractivity contribution in [3.05, 3.63) is 59.7 Å². The molecule has 0 atom stereocenters. The highest BCUT2D eigenvalue weighted by Crippen LogP contribution is 2.22. The van der Waals surface area contributed by atoms with Gasteiger partial charge in [-0.1, -0.05) is 102 Å². The first-order chi connectivity index (χ1) is 13.6. The largest absolute Gasteiger partial charge is 0.130 e. The summed E-state index contributed by atoms with van der Waals surface area (Å²) in [5, 5.41) is 0. The van der Waals surface area contributed by atoms with Crippen molar-refractivity contribution in [3.8, 4) is 34.1 Å². The Morgan fingerprint density at radius 3 is 0.933 bits per heavy atom. The molecule has 2 aromatic carbocycles. The first-order valence-electron chi connectivity index (χ1n) is 10.9. The van der Waals surface area contributed by atoms with Crippen LogP contribution in [0.15, 0.2) is 48.5 Å². The summed E-state index contributed by atoms with van der Waals surface area (Å²) in [7, 11) is -5.23. The van der Waals surface area contributed by atoms with E-state index in [0.29, 0.717) is 0 Å². The Morgan fingerprint density at radius 1 is 0.433 bits per heavy atom. The lowest BCUT2D eigenvalue weighted by atomic mass is 10.0. The van der Waals surface area contributed by atoms with Crippen molar-refractivity contribution < 1.29 is 0 Å². The molecule has 0 radical (unpaired) electrons. The van der Waals surface area contributed by atoms with Crippen molar-refractivity contribution >= 4 is 30.4 Å². The van der Waals surface area contributed by atoms with Crippen molar-refractivity contribution in [1.82, 2.24) is 0 Å². The molecule has 0 spiro atoms. The van der Waals surface area contributed by atoms with Gasteiger partial charge in [-0.05, 0) is 35.4 Å². The number of hydrogen-bond donors (Lipinski definition) is 0. The van der Waals surface area contributed by atoms with Gasteiger partial charge in [-0.3, -0.25) is 0 Å². The zero-order valence-electron chi connectivity index (χ0n) is 20.6. The molecule has 30 heavy (non-hydrogen) atoms. The van der Waals surface area contributed by atoms with Gasteiger partial charge in [0.2, 0.25) is 0 Å². The van der Waals surface area contributed by atoms with Crippen molar-refractivity contribution in [2.24, 2.45) is 0 Å². The minimum Gasteiger partial charge on any atom is -0.130 e. The zero-order chi connectivity index (χ0) is 22.8. The van der Waals surface area contributed by atoms with Crippen LogP contribution in [0.25, 0.3) is 11.1 Å². The molecular formula is C26H38Si4. The molecule has 0 N–H and O–H groups in total. The third-order valence-corrected chi connectivity index (χ3v) is 39.1. The van der Waals surface area contributed by atoms with Gasteiger partial charge in [0.1, 0.15) is 15.2 Å². The second kappa shape index (κ2) is 8.89. The van der Waals surface area contributed by atoms with Crippen LogP contribution in [0.1, 0.15) is 11.1 Å². The van der Waals surface area contributed by atoms with Gasteiger partial charge < -0.3 is 0 Å².